The number of hydrogen-bond acceptors (Lipinski definition) is 3. The minimum absolute atomic E-state index is 0.514. The van der Waals surface area contributed by atoms with Crippen molar-refractivity contribution in [2.45, 2.75) is 38.5 Å². The molecule has 1 heterocycles. The van der Waals surface area contributed by atoms with Crippen LogP contribution in [-0.2, 0) is 13.2 Å². The highest BCUT2D eigenvalue weighted by atomic mass is 79.9. The van der Waals surface area contributed by atoms with Crippen LogP contribution in [-0.4, -0.2) is 28.7 Å². The van der Waals surface area contributed by atoms with E-state index >= 15 is 0 Å². The van der Waals surface area contributed by atoms with Gasteiger partial charge in [0.15, 0.2) is 0 Å². The van der Waals surface area contributed by atoms with Crippen molar-refractivity contribution in [3.05, 3.63) is 63.1 Å². The molecule has 0 atom stereocenters. The van der Waals surface area contributed by atoms with Gasteiger partial charge < -0.3 is 9.84 Å². The van der Waals surface area contributed by atoms with E-state index in [9.17, 15) is 5.11 Å². The molecule has 0 unspecified atom stereocenters. The van der Waals surface area contributed by atoms with Crippen LogP contribution in [0.3, 0.4) is 0 Å². The maximum atomic E-state index is 10.1. The molecule has 1 aliphatic rings. The lowest BCUT2D eigenvalue weighted by Crippen LogP contribution is -2.42. The predicted molar refractivity (Wildman–Crippen MR) is 105 cm³/mol. The van der Waals surface area contributed by atoms with Gasteiger partial charge in [-0.2, -0.15) is 0 Å². The highest BCUT2D eigenvalue weighted by Gasteiger charge is 2.27. The van der Waals surface area contributed by atoms with Crippen LogP contribution >= 0.6 is 27.5 Å². The summed E-state index contributed by atoms with van der Waals surface area (Å²) >= 11 is 9.49. The molecular weight excluding hydrogens is 402 g/mol. The summed E-state index contributed by atoms with van der Waals surface area (Å²) in [5, 5.41) is 10.8. The van der Waals surface area contributed by atoms with E-state index in [1.807, 2.05) is 43.3 Å². The smallest absolute Gasteiger partial charge is 0.124 e. The zero-order chi connectivity index (χ0) is 17.9. The predicted octanol–water partition coefficient (Wildman–Crippen LogP) is 5.03. The van der Waals surface area contributed by atoms with Gasteiger partial charge in [-0.15, -0.1) is 0 Å². The van der Waals surface area contributed by atoms with Gasteiger partial charge in [0.1, 0.15) is 12.4 Å². The van der Waals surface area contributed by atoms with Gasteiger partial charge >= 0.3 is 0 Å². The highest BCUT2D eigenvalue weighted by molar-refractivity contribution is 9.10. The van der Waals surface area contributed by atoms with Crippen LogP contribution in [0.15, 0.2) is 46.9 Å². The molecule has 3 rings (SSSR count). The largest absolute Gasteiger partial charge is 0.489 e. The van der Waals surface area contributed by atoms with E-state index in [1.165, 1.54) is 0 Å². The van der Waals surface area contributed by atoms with E-state index in [4.69, 9.17) is 16.3 Å². The molecule has 1 fully saturated rings. The molecule has 1 saturated heterocycles. The molecule has 1 aliphatic heterocycles. The fraction of sp³-hybridized carbons (Fsp3) is 0.400. The first-order valence-electron chi connectivity index (χ1n) is 8.52. The van der Waals surface area contributed by atoms with Crippen LogP contribution in [0, 0.1) is 0 Å². The van der Waals surface area contributed by atoms with Crippen LogP contribution < -0.4 is 4.74 Å². The van der Waals surface area contributed by atoms with E-state index < -0.39 is 5.60 Å². The Hall–Kier alpha value is -1.07. The minimum atomic E-state index is -0.526. The summed E-state index contributed by atoms with van der Waals surface area (Å²) in [4.78, 5) is 2.37. The zero-order valence-corrected chi connectivity index (χ0v) is 16.7. The maximum Gasteiger partial charge on any atom is 0.124 e. The van der Waals surface area contributed by atoms with Gasteiger partial charge in [0.25, 0.3) is 0 Å². The average molecular weight is 425 g/mol. The Bertz CT molecular complexity index is 708. The summed E-state index contributed by atoms with van der Waals surface area (Å²) in [7, 11) is 0. The van der Waals surface area contributed by atoms with Crippen molar-refractivity contribution in [2.75, 3.05) is 13.1 Å². The molecule has 1 N–H and O–H groups in total. The van der Waals surface area contributed by atoms with E-state index in [2.05, 4.69) is 26.9 Å². The number of nitrogens with zero attached hydrogens (tertiary/aromatic N) is 1. The third kappa shape index (κ3) is 5.45. The Kier molecular flexibility index (Phi) is 6.05. The Balaban J connectivity index is 1.66. The molecule has 3 nitrogen and oxygen atoms in total. The van der Waals surface area contributed by atoms with Gasteiger partial charge in [-0.25, -0.2) is 0 Å². The Morgan fingerprint density at radius 2 is 1.84 bits per heavy atom. The molecule has 0 bridgehead atoms. The van der Waals surface area contributed by atoms with Crippen LogP contribution in [0.25, 0.3) is 0 Å². The van der Waals surface area contributed by atoms with Crippen molar-refractivity contribution in [2.24, 2.45) is 0 Å². The van der Waals surface area contributed by atoms with E-state index in [0.717, 1.165) is 58.8 Å². The maximum absolute atomic E-state index is 10.1. The van der Waals surface area contributed by atoms with Crippen LogP contribution in [0.2, 0.25) is 5.02 Å². The normalized spacial score (nSPS) is 17.4. The number of rotatable bonds is 5. The topological polar surface area (TPSA) is 32.7 Å². The van der Waals surface area contributed by atoms with E-state index in [1.54, 1.807) is 0 Å². The van der Waals surface area contributed by atoms with Gasteiger partial charge in [0.2, 0.25) is 0 Å². The second-order valence-electron chi connectivity index (χ2n) is 6.94. The van der Waals surface area contributed by atoms with Gasteiger partial charge in [0.05, 0.1) is 5.60 Å². The summed E-state index contributed by atoms with van der Waals surface area (Å²) in [5.41, 5.74) is 1.72. The number of likely N-dealkylation sites (tertiary alicyclic amines) is 1. The highest BCUT2D eigenvalue weighted by Crippen LogP contribution is 2.28. The number of hydrogen-bond donors (Lipinski definition) is 1. The molecule has 0 aliphatic carbocycles. The molecule has 134 valence electrons. The molecule has 25 heavy (non-hydrogen) atoms. The summed E-state index contributed by atoms with van der Waals surface area (Å²) in [6.45, 7) is 5.06. The van der Waals surface area contributed by atoms with Crippen LogP contribution in [0.5, 0.6) is 5.75 Å². The number of piperidine rings is 1. The molecule has 0 saturated carbocycles. The van der Waals surface area contributed by atoms with Crippen molar-refractivity contribution in [3.8, 4) is 5.75 Å². The van der Waals surface area contributed by atoms with Crippen molar-refractivity contribution in [1.82, 2.24) is 4.90 Å². The summed E-state index contributed by atoms with van der Waals surface area (Å²) in [6, 6.07) is 13.8. The first-order chi connectivity index (χ1) is 11.9. The number of halogens is 2. The second kappa shape index (κ2) is 8.09. The fourth-order valence-electron chi connectivity index (χ4n) is 2.99. The van der Waals surface area contributed by atoms with Crippen molar-refractivity contribution >= 4 is 27.5 Å². The summed E-state index contributed by atoms with van der Waals surface area (Å²) in [6.07, 6.45) is 1.62. The molecule has 0 aromatic heterocycles. The van der Waals surface area contributed by atoms with Gasteiger partial charge in [0, 0.05) is 34.7 Å². The fourth-order valence-corrected chi connectivity index (χ4v) is 3.52. The van der Waals surface area contributed by atoms with Crippen LogP contribution in [0.4, 0.5) is 0 Å². The third-order valence-electron chi connectivity index (χ3n) is 4.66. The Morgan fingerprint density at radius 3 is 2.52 bits per heavy atom. The van der Waals surface area contributed by atoms with Gasteiger partial charge in [-0.1, -0.05) is 39.7 Å². The lowest BCUT2D eigenvalue weighted by Gasteiger charge is -2.36. The first kappa shape index (κ1) is 18.7. The van der Waals surface area contributed by atoms with Crippen molar-refractivity contribution < 1.29 is 9.84 Å². The molecule has 0 spiro atoms. The van der Waals surface area contributed by atoms with Crippen LogP contribution in [0.1, 0.15) is 30.9 Å². The molecule has 2 aromatic rings. The van der Waals surface area contributed by atoms with Gasteiger partial charge in [-0.3, -0.25) is 4.90 Å². The molecular formula is C20H23BrClNO2. The number of ether oxygens (including phenoxy) is 1. The molecule has 2 aromatic carbocycles. The molecule has 0 radical (unpaired) electrons. The lowest BCUT2D eigenvalue weighted by atomic mass is 9.93. The second-order valence-corrected chi connectivity index (χ2v) is 8.29. The Morgan fingerprint density at radius 1 is 1.16 bits per heavy atom. The van der Waals surface area contributed by atoms with E-state index in [-0.39, 0.29) is 0 Å². The monoisotopic (exact) mass is 423 g/mol. The average Bonchev–Trinajstić information content (AvgIpc) is 2.57. The van der Waals surface area contributed by atoms with E-state index in [0.29, 0.717) is 6.61 Å². The van der Waals surface area contributed by atoms with Gasteiger partial charge in [-0.05, 0) is 55.7 Å². The standard InChI is InChI=1S/C20H23BrClNO2/c1-20(24)8-10-23(11-9-20)13-16-12-17(21)4-7-19(16)25-14-15-2-5-18(22)6-3-15/h2-7,12,24H,8-11,13-14H2,1H3. The SMILES string of the molecule is CC1(O)CCN(Cc2cc(Br)ccc2OCc2ccc(Cl)cc2)CC1. The zero-order valence-electron chi connectivity index (χ0n) is 14.3. The summed E-state index contributed by atoms with van der Waals surface area (Å²) in [5.74, 6) is 0.899. The minimum Gasteiger partial charge on any atom is -0.489 e. The molecule has 0 amide bonds. The van der Waals surface area contributed by atoms with Crippen molar-refractivity contribution in [3.63, 3.8) is 0 Å². The van der Waals surface area contributed by atoms with Crippen molar-refractivity contribution in [1.29, 1.82) is 0 Å². The first-order valence-corrected chi connectivity index (χ1v) is 9.69. The summed E-state index contributed by atoms with van der Waals surface area (Å²) < 4.78 is 7.11. The number of aliphatic hydroxyl groups is 1. The Labute approximate surface area is 162 Å². The lowest BCUT2D eigenvalue weighted by molar-refractivity contribution is -0.00746. The quantitative estimate of drug-likeness (QED) is 0.731. The third-order valence-corrected chi connectivity index (χ3v) is 5.40. The molecule has 5 heteroatoms. The number of benzene rings is 2.